The molecule has 54 heavy (non-hydrogen) atoms. The van der Waals surface area contributed by atoms with Gasteiger partial charge < -0.3 is 10.2 Å². The van der Waals surface area contributed by atoms with Crippen molar-refractivity contribution in [2.75, 3.05) is 6.61 Å². The zero-order valence-electron chi connectivity index (χ0n) is 35.0. The van der Waals surface area contributed by atoms with Gasteiger partial charge in [-0.15, -0.1) is 0 Å². The third kappa shape index (κ3) is 60.5. The Balaban J connectivity index is -0.000000297. The fraction of sp³-hybridized carbons (Fsp3) is 0.805. The van der Waals surface area contributed by atoms with E-state index < -0.39 is 40.7 Å². The van der Waals surface area contributed by atoms with Crippen molar-refractivity contribution in [1.82, 2.24) is 0 Å². The van der Waals surface area contributed by atoms with Crippen molar-refractivity contribution >= 4 is 43.2 Å². The fourth-order valence-corrected chi connectivity index (χ4v) is 9.76. The van der Waals surface area contributed by atoms with Gasteiger partial charge >= 0.3 is 124 Å². The molecule has 0 aliphatic heterocycles. The second kappa shape index (κ2) is 48.5. The Hall–Kier alpha value is -0.697. The molecular weight excluding hydrogens is 851 g/mol. The smallest absolute Gasteiger partial charge is 0.282 e. The molecule has 318 valence electrons. The van der Waals surface area contributed by atoms with Gasteiger partial charge in [0, 0.05) is 12.8 Å². The molecule has 2 radical (unpaired) electrons. The molecule has 0 heterocycles. The molecule has 0 saturated carbocycles. The number of aliphatic carboxylic acids is 2. The van der Waals surface area contributed by atoms with Crippen molar-refractivity contribution in [3.63, 3.8) is 0 Å². The van der Waals surface area contributed by atoms with E-state index in [0.717, 1.165) is 31.2 Å². The summed E-state index contributed by atoms with van der Waals surface area (Å²) in [5.41, 5.74) is 0.956. The second-order valence-corrected chi connectivity index (χ2v) is 20.4. The first-order valence-corrected chi connectivity index (χ1v) is 28.2. The summed E-state index contributed by atoms with van der Waals surface area (Å²) in [6, 6.07) is 5.99. The second-order valence-electron chi connectivity index (χ2n) is 13.4. The third-order valence-electron chi connectivity index (χ3n) is 7.99. The molecule has 0 amide bonds. The van der Waals surface area contributed by atoms with E-state index in [2.05, 4.69) is 31.0 Å². The summed E-state index contributed by atoms with van der Waals surface area (Å²) in [7, 11) is -4.02. The van der Waals surface area contributed by atoms with E-state index in [9.17, 15) is 21.3 Å². The molecule has 0 fully saturated rings. The number of carbonyl (C=O) groups is 2. The SMILES string of the molecule is CCCCCCCCCCCC(=O)O.CCCCCCCCCCCC(=O)O.CCC[CH2][Sn][CH2]CCC.CC[O][Ti](=[O])[OH].Cc1ccc(S(=O)(=O)O)cc1. The van der Waals surface area contributed by atoms with Gasteiger partial charge in [-0.05, 0) is 31.9 Å². The molecule has 13 heteroatoms. The maximum absolute atomic E-state index is 10.5. The third-order valence-corrected chi connectivity index (χ3v) is 13.7. The number of carboxylic acid groups (broad SMARTS) is 2. The van der Waals surface area contributed by atoms with Gasteiger partial charge in [0.1, 0.15) is 0 Å². The van der Waals surface area contributed by atoms with Crippen LogP contribution in [0.2, 0.25) is 8.87 Å². The molecule has 1 rings (SSSR count). The van der Waals surface area contributed by atoms with Gasteiger partial charge in [-0.1, -0.05) is 134 Å². The number of benzene rings is 1. The monoisotopic (exact) mass is 932 g/mol. The molecule has 0 aromatic heterocycles. The van der Waals surface area contributed by atoms with E-state index in [1.807, 2.05) is 6.92 Å². The minimum Gasteiger partial charge on any atom is -0.282 e. The van der Waals surface area contributed by atoms with Crippen LogP contribution < -0.4 is 0 Å². The zero-order chi connectivity index (χ0) is 41.7. The molecular formula is C41H80O10SSnTi. The first-order chi connectivity index (χ1) is 25.7. The van der Waals surface area contributed by atoms with Gasteiger partial charge in [0.15, 0.2) is 0 Å². The van der Waals surface area contributed by atoms with E-state index >= 15 is 0 Å². The van der Waals surface area contributed by atoms with Crippen LogP contribution in [0.5, 0.6) is 0 Å². The summed E-state index contributed by atoms with van der Waals surface area (Å²) in [5, 5.41) is 16.8. The van der Waals surface area contributed by atoms with Crippen LogP contribution in [0.1, 0.15) is 194 Å². The van der Waals surface area contributed by atoms with Gasteiger partial charge in [-0.25, -0.2) is 0 Å². The molecule has 0 spiro atoms. The van der Waals surface area contributed by atoms with E-state index in [1.165, 1.54) is 128 Å². The van der Waals surface area contributed by atoms with Crippen LogP contribution in [-0.4, -0.2) is 66.6 Å². The predicted molar refractivity (Wildman–Crippen MR) is 220 cm³/mol. The summed E-state index contributed by atoms with van der Waals surface area (Å²) < 4.78 is 54.6. The van der Waals surface area contributed by atoms with Crippen LogP contribution in [-0.2, 0) is 45.0 Å². The first-order valence-electron chi connectivity index (χ1n) is 20.8. The molecule has 0 aliphatic rings. The topological polar surface area (TPSA) is 176 Å². The summed E-state index contributed by atoms with van der Waals surface area (Å²) in [6.45, 7) is 12.9. The Kier molecular flexibility index (Phi) is 53.8. The molecule has 1 aromatic carbocycles. The number of hydrogen-bond donors (Lipinski definition) is 4. The molecule has 0 atom stereocenters. The van der Waals surface area contributed by atoms with E-state index in [4.69, 9.17) is 18.5 Å². The number of aryl methyl sites for hydroxylation is 1. The van der Waals surface area contributed by atoms with E-state index in [0.29, 0.717) is 19.4 Å². The molecule has 0 unspecified atom stereocenters. The van der Waals surface area contributed by atoms with Crippen LogP contribution in [0.15, 0.2) is 29.2 Å². The molecule has 4 N–H and O–H groups in total. The number of hydrogen-bond acceptors (Lipinski definition) is 6. The van der Waals surface area contributed by atoms with Gasteiger partial charge in [-0.2, -0.15) is 8.42 Å². The zero-order valence-corrected chi connectivity index (χ0v) is 40.3. The molecule has 10 nitrogen and oxygen atoms in total. The maximum Gasteiger partial charge on any atom is 0.294 e. The van der Waals surface area contributed by atoms with Crippen molar-refractivity contribution in [3.05, 3.63) is 29.8 Å². The van der Waals surface area contributed by atoms with Gasteiger partial charge in [0.2, 0.25) is 0 Å². The summed E-state index contributed by atoms with van der Waals surface area (Å²) in [5.74, 6) is -1.32. The average molecular weight is 932 g/mol. The van der Waals surface area contributed by atoms with Crippen molar-refractivity contribution < 1.29 is 61.7 Å². The molecule has 1 aromatic rings. The Morgan fingerprint density at radius 1 is 0.593 bits per heavy atom. The normalized spacial score (nSPS) is 10.3. The Morgan fingerprint density at radius 3 is 1.15 bits per heavy atom. The maximum atomic E-state index is 10.5. The van der Waals surface area contributed by atoms with Gasteiger partial charge in [-0.3, -0.25) is 14.1 Å². The fourth-order valence-electron chi connectivity index (χ4n) is 4.74. The first kappa shape index (κ1) is 60.0. The predicted octanol–water partition coefficient (Wildman–Crippen LogP) is 12.2. The van der Waals surface area contributed by atoms with Crippen LogP contribution in [0.3, 0.4) is 0 Å². The molecule has 0 saturated heterocycles. The van der Waals surface area contributed by atoms with E-state index in [-0.39, 0.29) is 26.0 Å². The largest absolute Gasteiger partial charge is 0.294 e. The standard InChI is InChI=1S/2C12H24O2.C7H8O3S.2C4H9.C2H5O.H2O.O.Sn.Ti/c2*1-2-3-4-5-6-7-8-9-10-11-12(13)14;1-6-2-4-7(5-3-6)11(8,9)10;2*1-3-4-2;1-2-3;;;;/h2*2-11H2,1H3,(H,13,14);2-5H,1H3,(H,8,9,10);2*1,3-4H2,2H3;2H2,1H3;1H2;;;/q;;;;;-1;;;;+2/p-1. The van der Waals surface area contributed by atoms with Gasteiger partial charge in [0.05, 0.1) is 4.90 Å². The Labute approximate surface area is 348 Å². The van der Waals surface area contributed by atoms with Crippen LogP contribution in [0.25, 0.3) is 0 Å². The van der Waals surface area contributed by atoms with Crippen molar-refractivity contribution in [2.24, 2.45) is 0 Å². The van der Waals surface area contributed by atoms with E-state index in [1.54, 1.807) is 27.9 Å². The summed E-state index contributed by atoms with van der Waals surface area (Å²) >= 11 is -2.98. The minimum absolute atomic E-state index is 0.0666. The van der Waals surface area contributed by atoms with Crippen molar-refractivity contribution in [1.29, 1.82) is 0 Å². The van der Waals surface area contributed by atoms with Gasteiger partial charge in [0.25, 0.3) is 10.1 Å². The van der Waals surface area contributed by atoms with Crippen LogP contribution >= 0.6 is 0 Å². The Bertz CT molecular complexity index is 1020. The average Bonchev–Trinajstić information content (AvgIpc) is 3.11. The van der Waals surface area contributed by atoms with Crippen LogP contribution in [0, 0.1) is 6.92 Å². The Morgan fingerprint density at radius 2 is 0.907 bits per heavy atom. The minimum atomic E-state index is -4.02. The molecule has 0 aliphatic carbocycles. The van der Waals surface area contributed by atoms with Crippen molar-refractivity contribution in [3.8, 4) is 0 Å². The quantitative estimate of drug-likeness (QED) is 0.0344. The summed E-state index contributed by atoms with van der Waals surface area (Å²) in [4.78, 5) is 20.3. The van der Waals surface area contributed by atoms with Crippen molar-refractivity contribution in [2.45, 2.75) is 209 Å². The number of rotatable bonds is 29. The number of unbranched alkanes of at least 4 members (excludes halogenated alkanes) is 18. The van der Waals surface area contributed by atoms with Crippen LogP contribution in [0.4, 0.5) is 0 Å². The molecule has 0 bridgehead atoms. The summed E-state index contributed by atoms with van der Waals surface area (Å²) in [6.07, 6.45) is 28.8. The number of carboxylic acids is 2.